The fourth-order valence-electron chi connectivity index (χ4n) is 4.22. The smallest absolute Gasteiger partial charge is 0.351 e. The molecule has 3 saturated heterocycles. The minimum atomic E-state index is -0.797. The van der Waals surface area contributed by atoms with E-state index in [9.17, 15) is 9.90 Å². The van der Waals surface area contributed by atoms with Crippen molar-refractivity contribution >= 4 is 5.82 Å². The van der Waals surface area contributed by atoms with Gasteiger partial charge in [-0.25, -0.2) is 4.79 Å². The van der Waals surface area contributed by atoms with Gasteiger partial charge in [0.1, 0.15) is 24.1 Å². The molecule has 0 bridgehead atoms. The number of aromatic nitrogens is 2. The van der Waals surface area contributed by atoms with Gasteiger partial charge in [0.15, 0.2) is 17.8 Å². The van der Waals surface area contributed by atoms with Gasteiger partial charge in [-0.2, -0.15) is 4.98 Å². The number of rotatable bonds is 8. The number of ether oxygens (including phenoxy) is 5. The van der Waals surface area contributed by atoms with Gasteiger partial charge in [0, 0.05) is 19.2 Å². The van der Waals surface area contributed by atoms with Crippen molar-refractivity contribution in [1.29, 1.82) is 0 Å². The molecule has 3 aliphatic rings. The molecule has 0 aromatic carbocycles. The number of fused-ring (bicyclic) bond motifs is 1. The minimum Gasteiger partial charge on any atom is -0.394 e. The number of unbranched alkanes of at least 4 members (excludes halogenated alkanes) is 1. The van der Waals surface area contributed by atoms with Crippen LogP contribution in [-0.4, -0.2) is 70.9 Å². The summed E-state index contributed by atoms with van der Waals surface area (Å²) in [7, 11) is 0. The first-order chi connectivity index (χ1) is 14.3. The normalized spacial score (nSPS) is 31.7. The molecule has 10 heteroatoms. The van der Waals surface area contributed by atoms with E-state index in [2.05, 4.69) is 10.3 Å². The lowest BCUT2D eigenvalue weighted by Crippen LogP contribution is -2.35. The van der Waals surface area contributed by atoms with Crippen LogP contribution in [0.1, 0.15) is 46.3 Å². The van der Waals surface area contributed by atoms with E-state index in [1.165, 1.54) is 4.57 Å². The number of hydrogen-bond acceptors (Lipinski definition) is 9. The van der Waals surface area contributed by atoms with E-state index in [1.54, 1.807) is 26.1 Å². The molecule has 0 amide bonds. The highest BCUT2D eigenvalue weighted by Gasteiger charge is 2.55. The second kappa shape index (κ2) is 8.52. The summed E-state index contributed by atoms with van der Waals surface area (Å²) in [5, 5.41) is 12.8. The molecule has 10 nitrogen and oxygen atoms in total. The number of hydrogen-bond donors (Lipinski definition) is 2. The Morgan fingerprint density at radius 2 is 1.93 bits per heavy atom. The van der Waals surface area contributed by atoms with Crippen LogP contribution in [0.2, 0.25) is 0 Å². The molecule has 1 aromatic rings. The highest BCUT2D eigenvalue weighted by atomic mass is 16.8. The molecule has 3 aliphatic heterocycles. The summed E-state index contributed by atoms with van der Waals surface area (Å²) in [5.41, 5.74) is -0.448. The Labute approximate surface area is 175 Å². The molecule has 2 N–H and O–H groups in total. The highest BCUT2D eigenvalue weighted by molar-refractivity contribution is 5.31. The van der Waals surface area contributed by atoms with E-state index in [-0.39, 0.29) is 6.61 Å². The van der Waals surface area contributed by atoms with Crippen LogP contribution < -0.4 is 11.0 Å². The van der Waals surface area contributed by atoms with Gasteiger partial charge in [0.25, 0.3) is 0 Å². The number of nitrogens with zero attached hydrogens (tertiary/aromatic N) is 2. The Morgan fingerprint density at radius 1 is 1.20 bits per heavy atom. The van der Waals surface area contributed by atoms with Crippen LogP contribution in [0, 0.1) is 0 Å². The number of aliphatic hydroxyl groups is 1. The largest absolute Gasteiger partial charge is 0.394 e. The maximum absolute atomic E-state index is 12.6. The Hall–Kier alpha value is -1.56. The molecular weight excluding hydrogens is 394 g/mol. The summed E-state index contributed by atoms with van der Waals surface area (Å²) in [6.45, 7) is 7.34. The Kier molecular flexibility index (Phi) is 6.16. The molecule has 1 aromatic heterocycles. The fourth-order valence-corrected chi connectivity index (χ4v) is 4.22. The van der Waals surface area contributed by atoms with Gasteiger partial charge in [-0.05, 0) is 39.7 Å². The quantitative estimate of drug-likeness (QED) is 0.589. The third-order valence-corrected chi connectivity index (χ3v) is 5.67. The van der Waals surface area contributed by atoms with Crippen molar-refractivity contribution in [2.45, 2.75) is 76.1 Å². The van der Waals surface area contributed by atoms with Gasteiger partial charge >= 0.3 is 5.69 Å². The third kappa shape index (κ3) is 4.53. The Morgan fingerprint density at radius 3 is 2.63 bits per heavy atom. The molecule has 4 rings (SSSR count). The summed E-state index contributed by atoms with van der Waals surface area (Å²) >= 11 is 0. The minimum absolute atomic E-state index is 0.214. The molecule has 168 valence electrons. The molecule has 0 radical (unpaired) electrons. The average molecular weight is 425 g/mol. The second-order valence-electron chi connectivity index (χ2n) is 8.53. The maximum Gasteiger partial charge on any atom is 0.351 e. The topological polar surface area (TPSA) is 113 Å². The van der Waals surface area contributed by atoms with Crippen molar-refractivity contribution < 1.29 is 28.8 Å². The Bertz CT molecular complexity index is 793. The number of aliphatic hydroxyl groups excluding tert-OH is 1. The summed E-state index contributed by atoms with van der Waals surface area (Å²) in [4.78, 5) is 16.7. The molecule has 30 heavy (non-hydrogen) atoms. The standard InChI is InChI=1S/C20H31N3O7/c1-19(2)29-15-13(12-24)28-17(16(15)30-19)23-9-6-14(22-18(23)25)21-8-5-4-7-20(3)26-10-11-27-20/h6,9,13,15-17,24H,4-5,7-8,10-12H2,1-3H3,(H,21,22,25)/t13-,15-,16-,17-/m1/s1. The van der Waals surface area contributed by atoms with Crippen molar-refractivity contribution in [3.05, 3.63) is 22.7 Å². The second-order valence-corrected chi connectivity index (χ2v) is 8.53. The van der Waals surface area contributed by atoms with Gasteiger partial charge in [-0.15, -0.1) is 0 Å². The van der Waals surface area contributed by atoms with E-state index in [0.717, 1.165) is 19.3 Å². The van der Waals surface area contributed by atoms with Gasteiger partial charge in [0.05, 0.1) is 19.8 Å². The molecule has 4 atom stereocenters. The van der Waals surface area contributed by atoms with Crippen LogP contribution in [0.4, 0.5) is 5.82 Å². The van der Waals surface area contributed by atoms with Gasteiger partial charge in [-0.3, -0.25) is 4.57 Å². The van der Waals surface area contributed by atoms with Gasteiger partial charge in [0.2, 0.25) is 0 Å². The van der Waals surface area contributed by atoms with Gasteiger partial charge < -0.3 is 34.1 Å². The average Bonchev–Trinajstić information content (AvgIpc) is 3.35. The van der Waals surface area contributed by atoms with Crippen molar-refractivity contribution in [2.75, 3.05) is 31.7 Å². The summed E-state index contributed by atoms with van der Waals surface area (Å²) < 4.78 is 30.2. The molecular formula is C20H31N3O7. The predicted octanol–water partition coefficient (Wildman–Crippen LogP) is 0.998. The molecule has 0 saturated carbocycles. The van der Waals surface area contributed by atoms with Crippen LogP contribution in [0.15, 0.2) is 17.1 Å². The lowest BCUT2D eigenvalue weighted by molar-refractivity contribution is -0.200. The zero-order valence-corrected chi connectivity index (χ0v) is 17.7. The van der Waals surface area contributed by atoms with Crippen molar-refractivity contribution in [2.24, 2.45) is 0 Å². The van der Waals surface area contributed by atoms with Crippen molar-refractivity contribution in [1.82, 2.24) is 9.55 Å². The third-order valence-electron chi connectivity index (χ3n) is 5.67. The maximum atomic E-state index is 12.6. The van der Waals surface area contributed by atoms with Crippen LogP contribution >= 0.6 is 0 Å². The van der Waals surface area contributed by atoms with Crippen LogP contribution in [0.5, 0.6) is 0 Å². The van der Waals surface area contributed by atoms with E-state index in [4.69, 9.17) is 23.7 Å². The zero-order chi connectivity index (χ0) is 21.4. The fraction of sp³-hybridized carbons (Fsp3) is 0.800. The molecule has 0 spiro atoms. The van der Waals surface area contributed by atoms with E-state index >= 15 is 0 Å². The SMILES string of the molecule is CC1(C)O[C@@H]2[C@H](O1)[C@@H](CO)O[C@H]2n1ccc(NCCCCC2(C)OCCO2)nc1=O. The summed E-state index contributed by atoms with van der Waals surface area (Å²) in [6, 6.07) is 1.73. The lowest BCUT2D eigenvalue weighted by atomic mass is 10.1. The molecule has 0 aliphatic carbocycles. The predicted molar refractivity (Wildman–Crippen MR) is 106 cm³/mol. The first-order valence-corrected chi connectivity index (χ1v) is 10.5. The van der Waals surface area contributed by atoms with Crippen molar-refractivity contribution in [3.8, 4) is 0 Å². The van der Waals surface area contributed by atoms with Crippen LogP contribution in [0.3, 0.4) is 0 Å². The zero-order valence-electron chi connectivity index (χ0n) is 17.7. The highest BCUT2D eigenvalue weighted by Crippen LogP contribution is 2.42. The van der Waals surface area contributed by atoms with E-state index in [0.29, 0.717) is 25.6 Å². The number of nitrogens with one attached hydrogen (secondary N) is 1. The summed E-state index contributed by atoms with van der Waals surface area (Å²) in [6.07, 6.45) is 2.13. The molecule has 0 unspecified atom stereocenters. The number of anilines is 1. The van der Waals surface area contributed by atoms with E-state index in [1.807, 2.05) is 6.92 Å². The van der Waals surface area contributed by atoms with Crippen LogP contribution in [0.25, 0.3) is 0 Å². The van der Waals surface area contributed by atoms with Gasteiger partial charge in [-0.1, -0.05) is 0 Å². The summed E-state index contributed by atoms with van der Waals surface area (Å²) in [5.74, 6) is -0.757. The van der Waals surface area contributed by atoms with Crippen LogP contribution in [-0.2, 0) is 23.7 Å². The monoisotopic (exact) mass is 425 g/mol. The Balaban J connectivity index is 1.32. The molecule has 4 heterocycles. The first kappa shape index (κ1) is 21.7. The lowest BCUT2D eigenvalue weighted by Gasteiger charge is -2.24. The molecule has 3 fully saturated rings. The first-order valence-electron chi connectivity index (χ1n) is 10.5. The van der Waals surface area contributed by atoms with E-state index < -0.39 is 41.8 Å². The van der Waals surface area contributed by atoms with Crippen molar-refractivity contribution in [3.63, 3.8) is 0 Å².